The maximum atomic E-state index is 9.84. The summed E-state index contributed by atoms with van der Waals surface area (Å²) in [6.07, 6.45) is 30.2. The summed E-state index contributed by atoms with van der Waals surface area (Å²) in [6, 6.07) is 5.83. The molecule has 3 saturated carbocycles. The van der Waals surface area contributed by atoms with E-state index in [-0.39, 0.29) is 18.7 Å². The van der Waals surface area contributed by atoms with Crippen LogP contribution in [0.3, 0.4) is 0 Å². The van der Waals surface area contributed by atoms with Gasteiger partial charge in [0.15, 0.2) is 0 Å². The topological polar surface area (TPSA) is 24.9 Å². The summed E-state index contributed by atoms with van der Waals surface area (Å²) in [5.74, 6) is 1.62. The Bertz CT molecular complexity index is 1130. The molecule has 1 aromatic carbocycles. The molecule has 4 nitrogen and oxygen atoms in total. The zero-order valence-corrected chi connectivity index (χ0v) is 35.6. The van der Waals surface area contributed by atoms with Crippen LogP contribution in [0.5, 0.6) is 11.5 Å². The summed E-state index contributed by atoms with van der Waals surface area (Å²) in [5.41, 5.74) is 4.60. The van der Waals surface area contributed by atoms with Gasteiger partial charge >= 0.3 is 186 Å². The van der Waals surface area contributed by atoms with Crippen molar-refractivity contribution in [3.05, 3.63) is 36.2 Å². The van der Waals surface area contributed by atoms with Gasteiger partial charge < -0.3 is 4.70 Å². The van der Waals surface area contributed by atoms with Gasteiger partial charge in [0.2, 0.25) is 0 Å². The Hall–Kier alpha value is -0.327. The molecule has 1 aromatic rings. The van der Waals surface area contributed by atoms with Gasteiger partial charge in [-0.1, -0.05) is 19.3 Å². The first kappa shape index (κ1) is 46.8. The van der Waals surface area contributed by atoms with Crippen molar-refractivity contribution >= 4 is 40.1 Å². The minimum Gasteiger partial charge on any atom is -1.00 e. The summed E-state index contributed by atoms with van der Waals surface area (Å²) in [4.78, 5) is 4.47. The Balaban J connectivity index is 0.000000306. The van der Waals surface area contributed by atoms with E-state index in [4.69, 9.17) is 28.9 Å². The molecule has 0 saturated heterocycles. The molecule has 51 heavy (non-hydrogen) atoms. The molecular weight excluding hydrogens is 840 g/mol. The Labute approximate surface area is 317 Å². The van der Waals surface area contributed by atoms with Gasteiger partial charge in [-0.25, -0.2) is 0 Å². The number of halogens is 8. The van der Waals surface area contributed by atoms with Crippen LogP contribution in [0.25, 0.3) is 0 Å². The minimum atomic E-state index is -8.55. The van der Waals surface area contributed by atoms with E-state index in [0.29, 0.717) is 6.61 Å². The van der Waals surface area contributed by atoms with Crippen LogP contribution in [-0.2, 0) is 13.5 Å². The number of benzene rings is 1. The summed E-state index contributed by atoms with van der Waals surface area (Å²) < 4.78 is 62.8. The van der Waals surface area contributed by atoms with Crippen LogP contribution >= 0.6 is 35.5 Å². The predicted octanol–water partition coefficient (Wildman–Crippen LogP) is 10.5. The van der Waals surface area contributed by atoms with Crippen LogP contribution < -0.4 is 14.2 Å². The van der Waals surface area contributed by atoms with Gasteiger partial charge in [-0.2, -0.15) is 0 Å². The minimum absolute atomic E-state index is 0. The molecule has 0 spiro atoms. The molecule has 1 aliphatic heterocycles. The second kappa shape index (κ2) is 23.6. The smallest absolute Gasteiger partial charge is 1.00 e. The third-order valence-electron chi connectivity index (χ3n) is 9.81. The Morgan fingerprint density at radius 2 is 1.31 bits per heavy atom. The molecule has 300 valence electrons. The van der Waals surface area contributed by atoms with E-state index in [9.17, 15) is 21.0 Å². The first-order valence-corrected chi connectivity index (χ1v) is 27.4. The van der Waals surface area contributed by atoms with Crippen molar-refractivity contribution in [1.82, 2.24) is 9.80 Å². The van der Waals surface area contributed by atoms with Crippen molar-refractivity contribution in [3.63, 3.8) is 0 Å². The molecule has 3 fully saturated rings. The second-order valence-corrected chi connectivity index (χ2v) is 24.8. The van der Waals surface area contributed by atoms with Crippen molar-refractivity contribution in [2.45, 2.75) is 146 Å². The van der Waals surface area contributed by atoms with E-state index in [1.165, 1.54) is 17.0 Å². The largest absolute Gasteiger partial charge is 1.00 e. The zero-order valence-electron chi connectivity index (χ0n) is 30.5. The number of hydrogen-bond donors (Lipinski definition) is 0. The summed E-state index contributed by atoms with van der Waals surface area (Å²) in [7, 11) is 5.55. The molecule has 1 heterocycles. The summed E-state index contributed by atoms with van der Waals surface area (Å²) >= 11 is -1.92. The SMILES string of the molecule is C1CCC([PH+](C2CCCCC2)C2CCCCC2)CC1.CC(C)Oc1ccc(OCCCCN2C=CN(C)C2)cc1[CH]=[Ru]([Cl])[Cl].FP(F)(F)(F)F.[F-]. The number of hydrogen-bond acceptors (Lipinski definition) is 4. The van der Waals surface area contributed by atoms with Gasteiger partial charge in [0.05, 0.1) is 17.0 Å². The molecular formula is C36H60Cl2F6N2O2P2Ru. The molecule has 15 heteroatoms. The number of unbranched alkanes of at least 4 members (excludes halogenated alkanes) is 1. The van der Waals surface area contributed by atoms with Crippen LogP contribution in [0.15, 0.2) is 30.6 Å². The van der Waals surface area contributed by atoms with Gasteiger partial charge in [0.1, 0.15) is 0 Å². The average molecular weight is 901 g/mol. The molecule has 5 rings (SSSR count). The fraction of sp³-hybridized carbons (Fsp3) is 0.750. The van der Waals surface area contributed by atoms with Crippen molar-refractivity contribution in [2.75, 3.05) is 26.9 Å². The van der Waals surface area contributed by atoms with Crippen LogP contribution in [0.4, 0.5) is 21.0 Å². The van der Waals surface area contributed by atoms with Crippen LogP contribution in [0.1, 0.15) is 129 Å². The third-order valence-corrected chi connectivity index (χ3v) is 16.2. The van der Waals surface area contributed by atoms with Gasteiger partial charge in [-0.3, -0.25) is 0 Å². The number of nitrogens with zero attached hydrogens (tertiary/aromatic N) is 2. The van der Waals surface area contributed by atoms with Crippen LogP contribution in [-0.4, -0.2) is 64.4 Å². The number of ether oxygens (including phenoxy) is 2. The maximum absolute atomic E-state index is 9.84. The van der Waals surface area contributed by atoms with Crippen molar-refractivity contribution in [2.24, 2.45) is 0 Å². The van der Waals surface area contributed by atoms with Gasteiger partial charge in [0, 0.05) is 15.0 Å². The van der Waals surface area contributed by atoms with Gasteiger partial charge in [-0.05, 0) is 77.0 Å². The molecule has 0 N–H and O–H groups in total. The van der Waals surface area contributed by atoms with E-state index in [1.54, 1.807) is 96.3 Å². The Kier molecular flexibility index (Phi) is 21.6. The van der Waals surface area contributed by atoms with Gasteiger partial charge in [0.25, 0.3) is 0 Å². The van der Waals surface area contributed by atoms with Crippen molar-refractivity contribution in [3.8, 4) is 11.5 Å². The second-order valence-electron chi connectivity index (χ2n) is 14.4. The standard InChI is InChI=1S/C18H26N2O2.C18H33P.2ClH.F5P.FH.Ru/c1-15(2)22-18-8-7-17(13-16(18)3)21-12-6-5-9-20-11-10-19(4)14-20;1-4-10-16(11-5-1)19(17-12-6-2-7-13-17)18-14-8-3-9-15-18;;;1-6(2,3,4)5;;/h3,7-8,10-11,13,15H,5-6,9,12,14H2,1-2,4H3;16-18H,1-15H2;2*1H;;1H;/q;;;;;;+2/p-2. The first-order valence-electron chi connectivity index (χ1n) is 18.5. The molecule has 0 amide bonds. The Morgan fingerprint density at radius 1 is 0.824 bits per heavy atom. The van der Waals surface area contributed by atoms with Crippen molar-refractivity contribution in [1.29, 1.82) is 0 Å². The number of rotatable bonds is 12. The van der Waals surface area contributed by atoms with Crippen LogP contribution in [0, 0.1) is 0 Å². The molecule has 0 aromatic heterocycles. The van der Waals surface area contributed by atoms with E-state index in [1.807, 2.05) is 36.7 Å². The van der Waals surface area contributed by atoms with E-state index in [2.05, 4.69) is 29.2 Å². The molecule has 0 radical (unpaired) electrons. The zero-order chi connectivity index (χ0) is 36.6. The molecule has 0 bridgehead atoms. The molecule has 0 unspecified atom stereocenters. The maximum Gasteiger partial charge on any atom is -1.00 e. The Morgan fingerprint density at radius 3 is 1.73 bits per heavy atom. The van der Waals surface area contributed by atoms with E-state index < -0.39 is 21.7 Å². The fourth-order valence-electron chi connectivity index (χ4n) is 7.79. The average Bonchev–Trinajstić information content (AvgIpc) is 3.47. The molecule has 4 aliphatic rings. The normalized spacial score (nSPS) is 20.0. The van der Waals surface area contributed by atoms with Gasteiger partial charge in [-0.15, -0.1) is 0 Å². The quantitative estimate of drug-likeness (QED) is 0.0903. The monoisotopic (exact) mass is 900 g/mol. The van der Waals surface area contributed by atoms with Crippen LogP contribution in [0.2, 0.25) is 0 Å². The van der Waals surface area contributed by atoms with E-state index in [0.717, 1.165) is 43.1 Å². The fourth-order valence-corrected chi connectivity index (χ4v) is 14.8. The first-order chi connectivity index (χ1) is 23.6. The molecule has 0 atom stereocenters. The third kappa shape index (κ3) is 20.8. The predicted molar refractivity (Wildman–Crippen MR) is 204 cm³/mol. The van der Waals surface area contributed by atoms with Crippen molar-refractivity contribution < 1.29 is 48.7 Å². The molecule has 3 aliphatic carbocycles. The summed E-state index contributed by atoms with van der Waals surface area (Å²) in [5, 5.41) is 0. The van der Waals surface area contributed by atoms with E-state index >= 15 is 0 Å². The summed E-state index contributed by atoms with van der Waals surface area (Å²) in [6.45, 7) is 6.71.